The third-order valence-corrected chi connectivity index (χ3v) is 7.39. The number of hydrogen-bond acceptors (Lipinski definition) is 6. The van der Waals surface area contributed by atoms with Gasteiger partial charge in [0, 0.05) is 29.9 Å². The van der Waals surface area contributed by atoms with Crippen LogP contribution in [0.25, 0.3) is 0 Å². The maximum Gasteiger partial charge on any atom is 0.430 e. The summed E-state index contributed by atoms with van der Waals surface area (Å²) in [5.41, 5.74) is -7.05. The molecule has 1 unspecified atom stereocenters. The van der Waals surface area contributed by atoms with E-state index in [0.717, 1.165) is 23.2 Å². The summed E-state index contributed by atoms with van der Waals surface area (Å²) in [4.78, 5) is 30.5. The van der Waals surface area contributed by atoms with E-state index in [1.165, 1.54) is 25.1 Å². The molecule has 3 aromatic rings. The van der Waals surface area contributed by atoms with Gasteiger partial charge in [-0.2, -0.15) is 35.1 Å². The molecule has 0 bridgehead atoms. The van der Waals surface area contributed by atoms with Crippen molar-refractivity contribution in [3.63, 3.8) is 0 Å². The van der Waals surface area contributed by atoms with Gasteiger partial charge in [0.25, 0.3) is 11.5 Å². The number of amides is 3. The molecule has 1 fully saturated rings. The largest absolute Gasteiger partial charge is 0.457 e. The lowest BCUT2D eigenvalue weighted by atomic mass is 9.90. The Morgan fingerprint density at radius 2 is 1.61 bits per heavy atom. The van der Waals surface area contributed by atoms with Crippen molar-refractivity contribution in [1.82, 2.24) is 15.2 Å². The Balaban J connectivity index is 1.45. The number of ether oxygens (including phenoxy) is 2. The molecule has 248 valence electrons. The molecule has 1 aliphatic heterocycles. The molecule has 2 aromatic carbocycles. The summed E-state index contributed by atoms with van der Waals surface area (Å²) in [6, 6.07) is 10.0. The number of rotatable bonds is 11. The van der Waals surface area contributed by atoms with Gasteiger partial charge in [-0.3, -0.25) is 9.69 Å². The van der Waals surface area contributed by atoms with E-state index < -0.39 is 47.6 Å². The second-order valence-electron chi connectivity index (χ2n) is 10.6. The topological polar surface area (TPSA) is 101 Å². The molecule has 1 aromatic heterocycles. The number of halogens is 8. The van der Waals surface area contributed by atoms with Gasteiger partial charge in [0.15, 0.2) is 0 Å². The van der Waals surface area contributed by atoms with Crippen LogP contribution in [-0.2, 0) is 28.8 Å². The van der Waals surface area contributed by atoms with Gasteiger partial charge >= 0.3 is 25.0 Å². The maximum atomic E-state index is 13.4. The molecule has 2 N–H and O–H groups in total. The van der Waals surface area contributed by atoms with E-state index >= 15 is 0 Å². The number of aryl methyl sites for hydroxylation is 1. The Labute approximate surface area is 256 Å². The highest BCUT2D eigenvalue weighted by Gasteiger charge is 2.71. The first-order chi connectivity index (χ1) is 21.4. The van der Waals surface area contributed by atoms with E-state index in [2.05, 4.69) is 15.0 Å². The van der Waals surface area contributed by atoms with Gasteiger partial charge in [-0.15, -0.1) is 0 Å². The SMILES string of the molecule is CCCc1cc(C(O)(C(F)(F)F)C(F)(F)F)ccc1Oc1ccc(CCN2C(=O)NC(C)(c3ccc(OC(F)F)nc3)C2=O)cc1. The lowest BCUT2D eigenvalue weighted by molar-refractivity contribution is -0.376. The Morgan fingerprint density at radius 1 is 0.957 bits per heavy atom. The number of urea groups is 1. The number of carbonyl (C=O) groups is 2. The van der Waals surface area contributed by atoms with Crippen molar-refractivity contribution in [2.24, 2.45) is 0 Å². The number of pyridine rings is 1. The molecule has 0 saturated carbocycles. The van der Waals surface area contributed by atoms with Crippen LogP contribution in [0.3, 0.4) is 0 Å². The van der Waals surface area contributed by atoms with Crippen LogP contribution in [-0.4, -0.2) is 52.4 Å². The number of nitrogens with zero attached hydrogens (tertiary/aromatic N) is 2. The van der Waals surface area contributed by atoms with Crippen molar-refractivity contribution < 1.29 is 59.3 Å². The van der Waals surface area contributed by atoms with Gasteiger partial charge in [-0.1, -0.05) is 31.5 Å². The molecule has 1 aliphatic rings. The van der Waals surface area contributed by atoms with Crippen LogP contribution >= 0.6 is 0 Å². The molecular weight excluding hydrogens is 634 g/mol. The quantitative estimate of drug-likeness (QED) is 0.174. The van der Waals surface area contributed by atoms with Gasteiger partial charge in [0.05, 0.1) is 0 Å². The van der Waals surface area contributed by atoms with E-state index in [4.69, 9.17) is 4.74 Å². The Hall–Kier alpha value is -4.47. The van der Waals surface area contributed by atoms with Gasteiger partial charge < -0.3 is 19.9 Å². The number of aromatic nitrogens is 1. The van der Waals surface area contributed by atoms with E-state index in [0.29, 0.717) is 24.1 Å². The highest BCUT2D eigenvalue weighted by atomic mass is 19.4. The van der Waals surface area contributed by atoms with Crippen LogP contribution in [0.15, 0.2) is 60.8 Å². The number of aliphatic hydroxyl groups is 1. The first kappa shape index (κ1) is 34.4. The van der Waals surface area contributed by atoms with Crippen molar-refractivity contribution in [1.29, 1.82) is 0 Å². The summed E-state index contributed by atoms with van der Waals surface area (Å²) in [5.74, 6) is -0.772. The van der Waals surface area contributed by atoms with Crippen LogP contribution in [0.1, 0.15) is 42.5 Å². The van der Waals surface area contributed by atoms with Gasteiger partial charge in [-0.25, -0.2) is 9.78 Å². The van der Waals surface area contributed by atoms with Crippen molar-refractivity contribution in [3.05, 3.63) is 83.0 Å². The average molecular weight is 662 g/mol. The molecule has 2 heterocycles. The molecule has 1 saturated heterocycles. The first-order valence-electron chi connectivity index (χ1n) is 13.7. The highest BCUT2D eigenvalue weighted by molar-refractivity contribution is 6.07. The van der Waals surface area contributed by atoms with Crippen molar-refractivity contribution >= 4 is 11.9 Å². The fourth-order valence-electron chi connectivity index (χ4n) is 4.88. The lowest BCUT2D eigenvalue weighted by Gasteiger charge is -2.33. The number of nitrogens with one attached hydrogen (secondary N) is 1. The van der Waals surface area contributed by atoms with Crippen LogP contribution < -0.4 is 14.8 Å². The zero-order chi connectivity index (χ0) is 34.1. The zero-order valence-corrected chi connectivity index (χ0v) is 24.2. The molecule has 0 radical (unpaired) electrons. The number of benzene rings is 2. The normalized spacial score (nSPS) is 17.4. The zero-order valence-electron chi connectivity index (χ0n) is 24.2. The fourth-order valence-corrected chi connectivity index (χ4v) is 4.88. The second-order valence-corrected chi connectivity index (χ2v) is 10.6. The number of hydrogen-bond donors (Lipinski definition) is 2. The summed E-state index contributed by atoms with van der Waals surface area (Å²) >= 11 is 0. The third-order valence-electron chi connectivity index (χ3n) is 7.39. The fraction of sp³-hybridized carbons (Fsp3) is 0.367. The Kier molecular flexibility index (Phi) is 9.52. The summed E-state index contributed by atoms with van der Waals surface area (Å²) in [6.45, 7) is -0.0173. The van der Waals surface area contributed by atoms with Crippen LogP contribution in [0.4, 0.5) is 39.9 Å². The average Bonchev–Trinajstić information content (AvgIpc) is 3.19. The maximum absolute atomic E-state index is 13.4. The highest BCUT2D eigenvalue weighted by Crippen LogP contribution is 2.50. The molecular formula is C30H27F8N3O5. The summed E-state index contributed by atoms with van der Waals surface area (Å²) in [7, 11) is 0. The van der Waals surface area contributed by atoms with E-state index in [9.17, 15) is 49.8 Å². The number of carbonyl (C=O) groups excluding carboxylic acids is 2. The molecule has 1 atom stereocenters. The molecule has 8 nitrogen and oxygen atoms in total. The molecule has 0 aliphatic carbocycles. The minimum Gasteiger partial charge on any atom is -0.457 e. The van der Waals surface area contributed by atoms with Gasteiger partial charge in [0.2, 0.25) is 5.88 Å². The summed E-state index contributed by atoms with van der Waals surface area (Å²) in [6.07, 6.45) is -10.3. The summed E-state index contributed by atoms with van der Waals surface area (Å²) < 4.78 is 115. The minimum absolute atomic E-state index is 0.00744. The molecule has 4 rings (SSSR count). The molecule has 46 heavy (non-hydrogen) atoms. The molecule has 16 heteroatoms. The van der Waals surface area contributed by atoms with Crippen LogP contribution in [0.2, 0.25) is 0 Å². The van der Waals surface area contributed by atoms with Crippen LogP contribution in [0, 0.1) is 0 Å². The Bertz CT molecular complexity index is 1550. The summed E-state index contributed by atoms with van der Waals surface area (Å²) in [5, 5.41) is 12.3. The molecule has 0 spiro atoms. The third kappa shape index (κ3) is 6.71. The van der Waals surface area contributed by atoms with E-state index in [1.54, 1.807) is 19.1 Å². The van der Waals surface area contributed by atoms with Crippen molar-refractivity contribution in [2.75, 3.05) is 6.54 Å². The molecule has 3 amide bonds. The Morgan fingerprint density at radius 3 is 2.15 bits per heavy atom. The van der Waals surface area contributed by atoms with E-state index in [1.807, 2.05) is 0 Å². The van der Waals surface area contributed by atoms with Crippen LogP contribution in [0.5, 0.6) is 17.4 Å². The first-order valence-corrected chi connectivity index (χ1v) is 13.7. The van der Waals surface area contributed by atoms with Gasteiger partial charge in [0.1, 0.15) is 17.0 Å². The van der Waals surface area contributed by atoms with Crippen molar-refractivity contribution in [3.8, 4) is 17.4 Å². The smallest absolute Gasteiger partial charge is 0.430 e. The number of imide groups is 1. The van der Waals surface area contributed by atoms with Gasteiger partial charge in [-0.05, 0) is 61.2 Å². The second kappa shape index (κ2) is 12.7. The lowest BCUT2D eigenvalue weighted by Crippen LogP contribution is -2.53. The minimum atomic E-state index is -6.03. The predicted octanol–water partition coefficient (Wildman–Crippen LogP) is 6.75. The number of alkyl halides is 8. The predicted molar refractivity (Wildman–Crippen MR) is 145 cm³/mol. The van der Waals surface area contributed by atoms with E-state index in [-0.39, 0.29) is 47.9 Å². The van der Waals surface area contributed by atoms with Crippen molar-refractivity contribution in [2.45, 2.75) is 63.2 Å². The monoisotopic (exact) mass is 661 g/mol. The standard InChI is InChI=1S/C30H27F8N3O5/c1-3-4-18-15-19(28(44,29(33,34)35)30(36,37)38)7-11-22(18)45-21-9-5-17(6-10-21)13-14-41-24(42)27(2,40-26(41)43)20-8-12-23(39-16-20)46-25(31)32/h5-12,15-16,25,44H,3-4,13-14H2,1-2H3,(H,40,43).